The molecule has 0 saturated carbocycles. The van der Waals surface area contributed by atoms with E-state index in [0.29, 0.717) is 6.42 Å². The fourth-order valence-corrected chi connectivity index (χ4v) is 3.52. The highest BCUT2D eigenvalue weighted by atomic mass is 32.1. The lowest BCUT2D eigenvalue weighted by atomic mass is 9.99. The van der Waals surface area contributed by atoms with Crippen LogP contribution in [0.4, 0.5) is 10.8 Å². The first kappa shape index (κ1) is 14.9. The number of hydrogen-bond acceptors (Lipinski definition) is 4. The maximum absolute atomic E-state index is 11.4. The largest absolute Gasteiger partial charge is 0.357 e. The van der Waals surface area contributed by atoms with Gasteiger partial charge in [-0.2, -0.15) is 0 Å². The normalized spacial score (nSPS) is 13.2. The van der Waals surface area contributed by atoms with Gasteiger partial charge < -0.3 is 10.6 Å². The molecule has 1 aliphatic heterocycles. The Balaban J connectivity index is 1.49. The van der Waals surface area contributed by atoms with Gasteiger partial charge in [-0.3, -0.25) is 4.79 Å². The molecule has 0 fully saturated rings. The third-order valence-corrected chi connectivity index (χ3v) is 4.89. The molecule has 1 amide bonds. The molecule has 0 bridgehead atoms. The quantitative estimate of drug-likeness (QED) is 0.747. The van der Waals surface area contributed by atoms with Gasteiger partial charge in [0.15, 0.2) is 5.13 Å². The zero-order valence-electron chi connectivity index (χ0n) is 13.1. The molecule has 0 saturated heterocycles. The van der Waals surface area contributed by atoms with Crippen molar-refractivity contribution in [1.82, 2.24) is 4.98 Å². The van der Waals surface area contributed by atoms with Crippen LogP contribution in [-0.4, -0.2) is 10.9 Å². The van der Waals surface area contributed by atoms with E-state index < -0.39 is 0 Å². The van der Waals surface area contributed by atoms with E-state index in [1.165, 1.54) is 11.1 Å². The summed E-state index contributed by atoms with van der Waals surface area (Å²) in [4.78, 5) is 16.1. The number of carbonyl (C=O) groups is 1. The molecule has 0 atom stereocenters. The zero-order valence-corrected chi connectivity index (χ0v) is 13.9. The lowest BCUT2D eigenvalue weighted by Crippen LogP contribution is -2.18. The Kier molecular flexibility index (Phi) is 4.01. The summed E-state index contributed by atoms with van der Waals surface area (Å²) >= 11 is 1.61. The number of rotatable bonds is 4. The fraction of sp³-hybridized carbons (Fsp3) is 0.158. The van der Waals surface area contributed by atoms with Crippen molar-refractivity contribution in [3.63, 3.8) is 0 Å². The maximum Gasteiger partial charge on any atom is 0.224 e. The van der Waals surface area contributed by atoms with E-state index in [2.05, 4.69) is 39.2 Å². The Morgan fingerprint density at radius 1 is 1.12 bits per heavy atom. The van der Waals surface area contributed by atoms with Crippen LogP contribution < -0.4 is 10.6 Å². The van der Waals surface area contributed by atoms with Crippen molar-refractivity contribution in [3.8, 4) is 11.3 Å². The van der Waals surface area contributed by atoms with E-state index in [9.17, 15) is 4.79 Å². The number of aromatic nitrogens is 1. The number of fused-ring (bicyclic) bond motifs is 1. The molecular weight excluding hydrogens is 318 g/mol. The molecule has 5 heteroatoms. The fourth-order valence-electron chi connectivity index (χ4n) is 2.80. The van der Waals surface area contributed by atoms with E-state index in [1.54, 1.807) is 11.3 Å². The minimum atomic E-state index is 0.0938. The number of amides is 1. The monoisotopic (exact) mass is 335 g/mol. The summed E-state index contributed by atoms with van der Waals surface area (Å²) in [6.07, 6.45) is 1.34. The highest BCUT2D eigenvalue weighted by molar-refractivity contribution is 7.14. The second kappa shape index (κ2) is 6.45. The Bertz CT molecular complexity index is 873. The van der Waals surface area contributed by atoms with Crippen LogP contribution in [0.5, 0.6) is 0 Å². The highest BCUT2D eigenvalue weighted by Gasteiger charge is 2.15. The van der Waals surface area contributed by atoms with Crippen LogP contribution in [0.2, 0.25) is 0 Å². The highest BCUT2D eigenvalue weighted by Crippen LogP contribution is 2.30. The van der Waals surface area contributed by atoms with Gasteiger partial charge in [0.05, 0.1) is 5.69 Å². The second-order valence-corrected chi connectivity index (χ2v) is 6.66. The van der Waals surface area contributed by atoms with Crippen molar-refractivity contribution in [3.05, 3.63) is 65.0 Å². The number of benzene rings is 2. The second-order valence-electron chi connectivity index (χ2n) is 5.80. The van der Waals surface area contributed by atoms with Crippen molar-refractivity contribution >= 4 is 28.1 Å². The molecule has 0 aliphatic carbocycles. The summed E-state index contributed by atoms with van der Waals surface area (Å²) < 4.78 is 0. The van der Waals surface area contributed by atoms with E-state index in [4.69, 9.17) is 0 Å². The van der Waals surface area contributed by atoms with Crippen LogP contribution in [-0.2, 0) is 17.8 Å². The smallest absolute Gasteiger partial charge is 0.224 e. The molecule has 4 nitrogen and oxygen atoms in total. The molecule has 0 unspecified atom stereocenters. The van der Waals surface area contributed by atoms with Crippen molar-refractivity contribution in [2.75, 3.05) is 10.6 Å². The summed E-state index contributed by atoms with van der Waals surface area (Å²) in [7, 11) is 0. The molecule has 0 spiro atoms. The number of nitrogens with one attached hydrogen (secondary N) is 2. The Hall–Kier alpha value is -2.66. The summed E-state index contributed by atoms with van der Waals surface area (Å²) in [6, 6.07) is 16.4. The minimum Gasteiger partial charge on any atom is -0.357 e. The first-order valence-corrected chi connectivity index (χ1v) is 8.82. The average molecular weight is 335 g/mol. The molecule has 120 valence electrons. The van der Waals surface area contributed by atoms with E-state index >= 15 is 0 Å². The van der Waals surface area contributed by atoms with Gasteiger partial charge in [-0.15, -0.1) is 11.3 Å². The molecule has 3 aromatic rings. The lowest BCUT2D eigenvalue weighted by molar-refractivity contribution is -0.116. The number of anilines is 2. The molecule has 0 radical (unpaired) electrons. The lowest BCUT2D eigenvalue weighted by Gasteiger charge is -2.17. The minimum absolute atomic E-state index is 0.0938. The Morgan fingerprint density at radius 2 is 2.00 bits per heavy atom. The summed E-state index contributed by atoms with van der Waals surface area (Å²) in [5.41, 5.74) is 5.40. The third kappa shape index (κ3) is 3.16. The van der Waals surface area contributed by atoms with E-state index in [-0.39, 0.29) is 5.91 Å². The standard InChI is InChI=1S/C19H17N3OS/c23-18-9-7-14-10-15(6-8-16(14)21-18)17-12-24-19(22-17)20-11-13-4-2-1-3-5-13/h1-6,8,10,12H,7,9,11H2,(H,20,22)(H,21,23). The van der Waals surface area contributed by atoms with Gasteiger partial charge in [0, 0.05) is 29.6 Å². The van der Waals surface area contributed by atoms with Gasteiger partial charge in [0.2, 0.25) is 5.91 Å². The third-order valence-electron chi connectivity index (χ3n) is 4.09. The molecule has 2 aromatic carbocycles. The van der Waals surface area contributed by atoms with Crippen molar-refractivity contribution in [1.29, 1.82) is 0 Å². The van der Waals surface area contributed by atoms with Crippen molar-refractivity contribution < 1.29 is 4.79 Å². The van der Waals surface area contributed by atoms with Crippen LogP contribution in [0.1, 0.15) is 17.5 Å². The zero-order chi connectivity index (χ0) is 16.4. The van der Waals surface area contributed by atoms with Gasteiger partial charge in [-0.1, -0.05) is 36.4 Å². The Labute approximate surface area is 144 Å². The first-order chi connectivity index (χ1) is 11.8. The number of aryl methyl sites for hydroxylation is 1. The van der Waals surface area contributed by atoms with Gasteiger partial charge in [0.1, 0.15) is 0 Å². The van der Waals surface area contributed by atoms with E-state index in [0.717, 1.165) is 35.0 Å². The van der Waals surface area contributed by atoms with Gasteiger partial charge in [0.25, 0.3) is 0 Å². The van der Waals surface area contributed by atoms with Crippen molar-refractivity contribution in [2.24, 2.45) is 0 Å². The van der Waals surface area contributed by atoms with Crippen LogP contribution >= 0.6 is 11.3 Å². The predicted octanol–water partition coefficient (Wildman–Crippen LogP) is 4.31. The first-order valence-electron chi connectivity index (χ1n) is 7.94. The summed E-state index contributed by atoms with van der Waals surface area (Å²) in [5.74, 6) is 0.0938. The van der Waals surface area contributed by atoms with Gasteiger partial charge in [-0.05, 0) is 29.7 Å². The maximum atomic E-state index is 11.4. The number of nitrogens with zero attached hydrogens (tertiary/aromatic N) is 1. The SMILES string of the molecule is O=C1CCc2cc(-c3csc(NCc4ccccc4)n3)ccc2N1. The molecule has 4 rings (SSSR count). The number of thiazole rings is 1. The molecule has 2 N–H and O–H groups in total. The molecule has 24 heavy (non-hydrogen) atoms. The van der Waals surface area contributed by atoms with Gasteiger partial charge in [-0.25, -0.2) is 4.98 Å². The van der Waals surface area contributed by atoms with E-state index in [1.807, 2.05) is 30.3 Å². The van der Waals surface area contributed by atoms with Crippen LogP contribution in [0.15, 0.2) is 53.9 Å². The predicted molar refractivity (Wildman–Crippen MR) is 98.3 cm³/mol. The molecule has 1 aliphatic rings. The summed E-state index contributed by atoms with van der Waals surface area (Å²) in [5, 5.41) is 9.27. The molecular formula is C19H17N3OS. The Morgan fingerprint density at radius 3 is 2.88 bits per heavy atom. The number of hydrogen-bond donors (Lipinski definition) is 2. The average Bonchev–Trinajstić information content (AvgIpc) is 3.09. The number of carbonyl (C=O) groups excluding carboxylic acids is 1. The van der Waals surface area contributed by atoms with Crippen LogP contribution in [0.3, 0.4) is 0 Å². The van der Waals surface area contributed by atoms with Crippen molar-refractivity contribution in [2.45, 2.75) is 19.4 Å². The molecule has 2 heterocycles. The topological polar surface area (TPSA) is 54.0 Å². The van der Waals surface area contributed by atoms with Gasteiger partial charge >= 0.3 is 0 Å². The van der Waals surface area contributed by atoms with Crippen LogP contribution in [0, 0.1) is 0 Å². The summed E-state index contributed by atoms with van der Waals surface area (Å²) in [6.45, 7) is 0.768. The van der Waals surface area contributed by atoms with Crippen LogP contribution in [0.25, 0.3) is 11.3 Å². The molecule has 1 aromatic heterocycles.